The third-order valence-electron chi connectivity index (χ3n) is 5.26. The Hall–Kier alpha value is -2.82. The van der Waals surface area contributed by atoms with Gasteiger partial charge in [0.2, 0.25) is 5.91 Å². The van der Waals surface area contributed by atoms with Gasteiger partial charge in [0, 0.05) is 24.1 Å². The molecule has 0 saturated heterocycles. The summed E-state index contributed by atoms with van der Waals surface area (Å²) >= 11 is 0. The zero-order valence-corrected chi connectivity index (χ0v) is 15.5. The summed E-state index contributed by atoms with van der Waals surface area (Å²) in [6.45, 7) is 2.07. The Morgan fingerprint density at radius 1 is 1.22 bits per heavy atom. The van der Waals surface area contributed by atoms with Crippen molar-refractivity contribution < 1.29 is 14.0 Å². The second-order valence-electron chi connectivity index (χ2n) is 7.10. The number of amides is 1. The van der Waals surface area contributed by atoms with E-state index in [2.05, 4.69) is 12.2 Å². The Balaban J connectivity index is 1.92. The highest BCUT2D eigenvalue weighted by molar-refractivity contribution is 6.05. The van der Waals surface area contributed by atoms with Crippen molar-refractivity contribution >= 4 is 23.1 Å². The highest BCUT2D eigenvalue weighted by Gasteiger charge is 2.40. The number of para-hydroxylation sites is 2. The number of Topliss-reactive ketones (excluding diaryl/α,β-unsaturated/α-hetero) is 1. The SMILES string of the molecule is CCCCC(=O)N1c2ccccc2NC2=C(C(=O)CCC2)[C@H]1c1ccco1. The molecule has 0 fully saturated rings. The van der Waals surface area contributed by atoms with Crippen LogP contribution in [0.4, 0.5) is 11.4 Å². The summed E-state index contributed by atoms with van der Waals surface area (Å²) < 4.78 is 5.72. The number of anilines is 2. The summed E-state index contributed by atoms with van der Waals surface area (Å²) in [4.78, 5) is 28.0. The first-order valence-electron chi connectivity index (χ1n) is 9.68. The fraction of sp³-hybridized carbons (Fsp3) is 0.364. The van der Waals surface area contributed by atoms with Crippen LogP contribution in [0.3, 0.4) is 0 Å². The lowest BCUT2D eigenvalue weighted by atomic mass is 9.88. The minimum Gasteiger partial charge on any atom is -0.467 e. The number of rotatable bonds is 4. The van der Waals surface area contributed by atoms with Crippen molar-refractivity contribution in [2.45, 2.75) is 51.5 Å². The van der Waals surface area contributed by atoms with Gasteiger partial charge in [0.25, 0.3) is 0 Å². The van der Waals surface area contributed by atoms with Crippen molar-refractivity contribution in [2.24, 2.45) is 0 Å². The standard InChI is InChI=1S/C22H24N2O3/c1-2-3-13-20(26)24-17-10-5-4-8-15(17)23-16-9-6-11-18(25)21(16)22(24)19-12-7-14-27-19/h4-5,7-8,10,12,14,22-23H,2-3,6,9,11,13H2,1H3/t22-/m1/s1. The second kappa shape index (κ2) is 7.43. The van der Waals surface area contributed by atoms with E-state index in [1.165, 1.54) is 0 Å². The van der Waals surface area contributed by atoms with E-state index in [4.69, 9.17) is 4.42 Å². The van der Waals surface area contributed by atoms with E-state index in [0.29, 0.717) is 24.2 Å². The first-order valence-corrected chi connectivity index (χ1v) is 9.68. The zero-order chi connectivity index (χ0) is 18.8. The number of nitrogens with one attached hydrogen (secondary N) is 1. The van der Waals surface area contributed by atoms with E-state index in [-0.39, 0.29) is 11.7 Å². The summed E-state index contributed by atoms with van der Waals surface area (Å²) in [5.74, 6) is 0.729. The molecule has 2 aromatic rings. The number of nitrogens with zero attached hydrogens (tertiary/aromatic N) is 1. The van der Waals surface area contributed by atoms with Gasteiger partial charge in [0.05, 0.1) is 17.6 Å². The molecule has 1 aromatic carbocycles. The van der Waals surface area contributed by atoms with Crippen molar-refractivity contribution in [1.82, 2.24) is 0 Å². The molecule has 4 rings (SSSR count). The van der Waals surface area contributed by atoms with E-state index >= 15 is 0 Å². The van der Waals surface area contributed by atoms with Crippen molar-refractivity contribution in [3.05, 3.63) is 59.7 Å². The molecule has 5 nitrogen and oxygen atoms in total. The van der Waals surface area contributed by atoms with Crippen LogP contribution < -0.4 is 10.2 Å². The molecule has 140 valence electrons. The highest BCUT2D eigenvalue weighted by atomic mass is 16.3. The molecular formula is C22H24N2O3. The highest BCUT2D eigenvalue weighted by Crippen LogP contribution is 2.45. The Morgan fingerprint density at radius 2 is 2.07 bits per heavy atom. The first-order chi connectivity index (χ1) is 13.2. The number of carbonyl (C=O) groups excluding carboxylic acids is 2. The summed E-state index contributed by atoms with van der Waals surface area (Å²) in [7, 11) is 0. The van der Waals surface area contributed by atoms with Gasteiger partial charge in [-0.25, -0.2) is 0 Å². The minimum absolute atomic E-state index is 0.0135. The van der Waals surface area contributed by atoms with Crippen molar-refractivity contribution in [2.75, 3.05) is 10.2 Å². The van der Waals surface area contributed by atoms with E-state index in [1.54, 1.807) is 11.2 Å². The van der Waals surface area contributed by atoms with E-state index < -0.39 is 6.04 Å². The number of fused-ring (bicyclic) bond motifs is 1. The Bertz CT molecular complexity index is 883. The number of benzene rings is 1. The van der Waals surface area contributed by atoms with Gasteiger partial charge in [-0.05, 0) is 43.5 Å². The quantitative estimate of drug-likeness (QED) is 0.831. The van der Waals surface area contributed by atoms with Gasteiger partial charge in [-0.3, -0.25) is 14.5 Å². The van der Waals surface area contributed by atoms with Crippen LogP contribution in [0, 0.1) is 0 Å². The summed E-state index contributed by atoms with van der Waals surface area (Å²) in [6.07, 6.45) is 5.92. The molecule has 0 spiro atoms. The number of ketones is 1. The van der Waals surface area contributed by atoms with Crippen LogP contribution in [0.5, 0.6) is 0 Å². The Morgan fingerprint density at radius 3 is 2.85 bits per heavy atom. The first kappa shape index (κ1) is 17.6. The van der Waals surface area contributed by atoms with Crippen LogP contribution >= 0.6 is 0 Å². The fourth-order valence-corrected chi connectivity index (χ4v) is 3.97. The van der Waals surface area contributed by atoms with E-state index in [0.717, 1.165) is 42.8 Å². The van der Waals surface area contributed by atoms with Crippen molar-refractivity contribution in [3.8, 4) is 0 Å². The molecule has 0 saturated carbocycles. The normalized spacial score (nSPS) is 19.2. The number of carbonyl (C=O) groups is 2. The second-order valence-corrected chi connectivity index (χ2v) is 7.10. The molecule has 1 N–H and O–H groups in total. The van der Waals surface area contributed by atoms with E-state index in [1.807, 2.05) is 36.4 Å². The van der Waals surface area contributed by atoms with Gasteiger partial charge in [-0.15, -0.1) is 0 Å². The molecule has 0 radical (unpaired) electrons. The van der Waals surface area contributed by atoms with Gasteiger partial charge >= 0.3 is 0 Å². The molecule has 1 atom stereocenters. The summed E-state index contributed by atoms with van der Waals surface area (Å²) in [6, 6.07) is 10.9. The van der Waals surface area contributed by atoms with E-state index in [9.17, 15) is 9.59 Å². The van der Waals surface area contributed by atoms with Gasteiger partial charge in [0.15, 0.2) is 5.78 Å². The number of allylic oxidation sites excluding steroid dienone is 1. The van der Waals surface area contributed by atoms with Crippen LogP contribution in [0.2, 0.25) is 0 Å². The number of unbranched alkanes of at least 4 members (excludes halogenated alkanes) is 1. The van der Waals surface area contributed by atoms with Gasteiger partial charge < -0.3 is 9.73 Å². The molecular weight excluding hydrogens is 340 g/mol. The molecule has 0 bridgehead atoms. The van der Waals surface area contributed by atoms with Crippen LogP contribution in [0.25, 0.3) is 0 Å². The third-order valence-corrected chi connectivity index (χ3v) is 5.26. The molecule has 27 heavy (non-hydrogen) atoms. The Labute approximate surface area is 159 Å². The van der Waals surface area contributed by atoms with Gasteiger partial charge in [-0.1, -0.05) is 25.5 Å². The minimum atomic E-state index is -0.525. The average molecular weight is 364 g/mol. The third kappa shape index (κ3) is 3.18. The van der Waals surface area contributed by atoms with Crippen LogP contribution in [0.1, 0.15) is 57.3 Å². The van der Waals surface area contributed by atoms with Gasteiger partial charge in [-0.2, -0.15) is 0 Å². The molecule has 2 heterocycles. The number of furan rings is 1. The smallest absolute Gasteiger partial charge is 0.228 e. The lowest BCUT2D eigenvalue weighted by Crippen LogP contribution is -2.37. The fourth-order valence-electron chi connectivity index (χ4n) is 3.97. The lowest BCUT2D eigenvalue weighted by Gasteiger charge is -2.32. The van der Waals surface area contributed by atoms with Crippen LogP contribution in [0.15, 0.2) is 58.3 Å². The lowest BCUT2D eigenvalue weighted by molar-refractivity contribution is -0.119. The maximum absolute atomic E-state index is 13.3. The predicted octanol–water partition coefficient (Wildman–Crippen LogP) is 4.98. The largest absolute Gasteiger partial charge is 0.467 e. The summed E-state index contributed by atoms with van der Waals surface area (Å²) in [5, 5.41) is 3.45. The molecule has 1 aliphatic carbocycles. The van der Waals surface area contributed by atoms with Crippen LogP contribution in [-0.2, 0) is 9.59 Å². The maximum atomic E-state index is 13.3. The summed E-state index contributed by atoms with van der Waals surface area (Å²) in [5.41, 5.74) is 3.23. The monoisotopic (exact) mass is 364 g/mol. The number of hydrogen-bond acceptors (Lipinski definition) is 4. The zero-order valence-electron chi connectivity index (χ0n) is 15.5. The predicted molar refractivity (Wildman–Crippen MR) is 104 cm³/mol. The van der Waals surface area contributed by atoms with Crippen molar-refractivity contribution in [3.63, 3.8) is 0 Å². The molecule has 5 heteroatoms. The number of hydrogen-bond donors (Lipinski definition) is 1. The molecule has 2 aliphatic rings. The Kier molecular flexibility index (Phi) is 4.84. The van der Waals surface area contributed by atoms with Crippen molar-refractivity contribution in [1.29, 1.82) is 0 Å². The van der Waals surface area contributed by atoms with Gasteiger partial charge in [0.1, 0.15) is 11.8 Å². The average Bonchev–Trinajstić information content (AvgIpc) is 3.15. The molecule has 1 aliphatic heterocycles. The topological polar surface area (TPSA) is 62.6 Å². The maximum Gasteiger partial charge on any atom is 0.228 e. The van der Waals surface area contributed by atoms with Crippen LogP contribution in [-0.4, -0.2) is 11.7 Å². The molecule has 1 aromatic heterocycles. The molecule has 0 unspecified atom stereocenters. The molecule has 1 amide bonds.